The summed E-state index contributed by atoms with van der Waals surface area (Å²) in [6.07, 6.45) is 2.14. The Morgan fingerprint density at radius 3 is 2.93 bits per heavy atom. The minimum absolute atomic E-state index is 0.275. The van der Waals surface area contributed by atoms with Crippen LogP contribution in [0.1, 0.15) is 12.2 Å². The Morgan fingerprint density at radius 2 is 2.33 bits per heavy atom. The van der Waals surface area contributed by atoms with Crippen molar-refractivity contribution in [1.29, 1.82) is 0 Å². The topological polar surface area (TPSA) is 94.6 Å². The number of hydrogen-bond acceptors (Lipinski definition) is 4. The third-order valence-electron chi connectivity index (χ3n) is 1.59. The molecule has 15 heavy (non-hydrogen) atoms. The van der Waals surface area contributed by atoms with Crippen LogP contribution in [-0.4, -0.2) is 21.6 Å². The summed E-state index contributed by atoms with van der Waals surface area (Å²) < 4.78 is 33.3. The quantitative estimate of drug-likeness (QED) is 0.648. The highest BCUT2D eigenvalue weighted by molar-refractivity contribution is 7.87. The maximum absolute atomic E-state index is 10.5. The molecule has 0 unspecified atom stereocenters. The Kier molecular flexibility index (Phi) is 4.76. The molecule has 86 valence electrons. The summed E-state index contributed by atoms with van der Waals surface area (Å²) in [7, 11) is -3.58. The number of rotatable bonds is 7. The molecule has 0 saturated carbocycles. The van der Waals surface area contributed by atoms with Crippen molar-refractivity contribution in [3.05, 3.63) is 24.2 Å². The van der Waals surface area contributed by atoms with E-state index < -0.39 is 10.2 Å². The summed E-state index contributed by atoms with van der Waals surface area (Å²) in [5.41, 5.74) is 0. The van der Waals surface area contributed by atoms with Gasteiger partial charge in [0.25, 0.3) is 10.2 Å². The molecule has 1 aromatic rings. The molecule has 0 atom stereocenters. The normalized spacial score (nSPS) is 11.8. The molecule has 0 amide bonds. The highest BCUT2D eigenvalue weighted by atomic mass is 32.2. The number of ether oxygens (including phenoxy) is 1. The molecule has 3 N–H and O–H groups in total. The molecule has 0 fully saturated rings. The highest BCUT2D eigenvalue weighted by Gasteiger charge is 1.99. The van der Waals surface area contributed by atoms with Crippen LogP contribution in [0.4, 0.5) is 0 Å². The van der Waals surface area contributed by atoms with Gasteiger partial charge in [-0.05, 0) is 18.6 Å². The van der Waals surface area contributed by atoms with E-state index >= 15 is 0 Å². The molecule has 1 rings (SSSR count). The van der Waals surface area contributed by atoms with Crippen LogP contribution < -0.4 is 9.86 Å². The fourth-order valence-corrected chi connectivity index (χ4v) is 1.38. The molecule has 1 heterocycles. The number of nitrogens with two attached hydrogens (primary N) is 1. The van der Waals surface area contributed by atoms with E-state index in [0.717, 1.165) is 5.76 Å². The predicted octanol–water partition coefficient (Wildman–Crippen LogP) is -0.0206. The van der Waals surface area contributed by atoms with Crippen molar-refractivity contribution in [3.63, 3.8) is 0 Å². The van der Waals surface area contributed by atoms with Crippen LogP contribution in [-0.2, 0) is 21.6 Å². The Bertz CT molecular complexity index is 360. The van der Waals surface area contributed by atoms with Gasteiger partial charge in [-0.15, -0.1) is 0 Å². The first kappa shape index (κ1) is 12.2. The lowest BCUT2D eigenvalue weighted by Crippen LogP contribution is -2.31. The number of hydrogen-bond donors (Lipinski definition) is 2. The zero-order valence-corrected chi connectivity index (χ0v) is 9.00. The van der Waals surface area contributed by atoms with Crippen LogP contribution in [0, 0.1) is 0 Å². The van der Waals surface area contributed by atoms with Crippen molar-refractivity contribution in [1.82, 2.24) is 4.72 Å². The van der Waals surface area contributed by atoms with Gasteiger partial charge in [0.05, 0.1) is 6.26 Å². The van der Waals surface area contributed by atoms with Crippen LogP contribution in [0.15, 0.2) is 22.8 Å². The fraction of sp³-hybridized carbons (Fsp3) is 0.500. The lowest BCUT2D eigenvalue weighted by Gasteiger charge is -2.02. The molecule has 6 nitrogen and oxygen atoms in total. The molecular formula is C8H14N2O4S. The van der Waals surface area contributed by atoms with Crippen LogP contribution in [0.5, 0.6) is 0 Å². The van der Waals surface area contributed by atoms with E-state index in [9.17, 15) is 8.42 Å². The van der Waals surface area contributed by atoms with E-state index in [4.69, 9.17) is 14.3 Å². The van der Waals surface area contributed by atoms with Crippen LogP contribution in [0.2, 0.25) is 0 Å². The van der Waals surface area contributed by atoms with Gasteiger partial charge < -0.3 is 9.15 Å². The lowest BCUT2D eigenvalue weighted by atomic mass is 10.4. The number of furan rings is 1. The maximum Gasteiger partial charge on any atom is 0.274 e. The molecule has 0 aliphatic carbocycles. The minimum Gasteiger partial charge on any atom is -0.467 e. The van der Waals surface area contributed by atoms with E-state index in [2.05, 4.69) is 4.72 Å². The summed E-state index contributed by atoms with van der Waals surface area (Å²) in [4.78, 5) is 0. The van der Waals surface area contributed by atoms with E-state index in [1.165, 1.54) is 0 Å². The van der Waals surface area contributed by atoms with Gasteiger partial charge in [0, 0.05) is 13.2 Å². The van der Waals surface area contributed by atoms with Crippen molar-refractivity contribution in [2.45, 2.75) is 13.0 Å². The van der Waals surface area contributed by atoms with Crippen molar-refractivity contribution in [2.75, 3.05) is 13.2 Å². The molecule has 0 bridgehead atoms. The molecule has 1 aromatic heterocycles. The summed E-state index contributed by atoms with van der Waals surface area (Å²) in [5, 5.41) is 4.73. The highest BCUT2D eigenvalue weighted by Crippen LogP contribution is 2.01. The van der Waals surface area contributed by atoms with Gasteiger partial charge in [0.2, 0.25) is 0 Å². The van der Waals surface area contributed by atoms with Crippen LogP contribution in [0.25, 0.3) is 0 Å². The first-order valence-electron chi connectivity index (χ1n) is 4.45. The van der Waals surface area contributed by atoms with Crippen molar-refractivity contribution >= 4 is 10.2 Å². The summed E-state index contributed by atoms with van der Waals surface area (Å²) in [6.45, 7) is 1.11. The van der Waals surface area contributed by atoms with Crippen molar-refractivity contribution in [2.24, 2.45) is 5.14 Å². The van der Waals surface area contributed by atoms with Gasteiger partial charge >= 0.3 is 0 Å². The Morgan fingerprint density at radius 1 is 1.53 bits per heavy atom. The Balaban J connectivity index is 1.99. The summed E-state index contributed by atoms with van der Waals surface area (Å²) >= 11 is 0. The molecule has 0 saturated heterocycles. The summed E-state index contributed by atoms with van der Waals surface area (Å²) in [5.74, 6) is 0.745. The average Bonchev–Trinajstić information content (AvgIpc) is 2.61. The van der Waals surface area contributed by atoms with Crippen molar-refractivity contribution < 1.29 is 17.6 Å². The standard InChI is InChI=1S/C8H14N2O4S/c9-15(11,12)10-4-2-5-13-7-8-3-1-6-14-8/h1,3,6,10H,2,4-5,7H2,(H2,9,11,12). The second-order valence-corrected chi connectivity index (χ2v) is 4.30. The molecule has 0 spiro atoms. The molecule has 0 radical (unpaired) electrons. The van der Waals surface area contributed by atoms with Gasteiger partial charge in [-0.2, -0.15) is 8.42 Å². The average molecular weight is 234 g/mol. The van der Waals surface area contributed by atoms with E-state index in [1.54, 1.807) is 12.3 Å². The third kappa shape index (κ3) is 6.24. The third-order valence-corrected chi connectivity index (χ3v) is 2.20. The maximum atomic E-state index is 10.5. The number of nitrogens with one attached hydrogen (secondary N) is 1. The molecule has 7 heteroatoms. The zero-order valence-electron chi connectivity index (χ0n) is 8.18. The van der Waals surface area contributed by atoms with Gasteiger partial charge in [0.15, 0.2) is 0 Å². The molecule has 0 aliphatic heterocycles. The Labute approximate surface area is 88.6 Å². The van der Waals surface area contributed by atoms with Gasteiger partial charge in [-0.3, -0.25) is 0 Å². The SMILES string of the molecule is NS(=O)(=O)NCCCOCc1ccco1. The molecule has 0 aliphatic rings. The van der Waals surface area contributed by atoms with E-state index in [0.29, 0.717) is 19.6 Å². The van der Waals surface area contributed by atoms with Gasteiger partial charge in [0.1, 0.15) is 12.4 Å². The smallest absolute Gasteiger partial charge is 0.274 e. The van der Waals surface area contributed by atoms with Crippen LogP contribution in [0.3, 0.4) is 0 Å². The first-order valence-corrected chi connectivity index (χ1v) is 6.00. The minimum atomic E-state index is -3.58. The van der Waals surface area contributed by atoms with Gasteiger partial charge in [-0.25, -0.2) is 9.86 Å². The van der Waals surface area contributed by atoms with Crippen molar-refractivity contribution in [3.8, 4) is 0 Å². The summed E-state index contributed by atoms with van der Waals surface area (Å²) in [6, 6.07) is 3.59. The lowest BCUT2D eigenvalue weighted by molar-refractivity contribution is 0.105. The van der Waals surface area contributed by atoms with E-state index in [-0.39, 0.29) is 6.54 Å². The van der Waals surface area contributed by atoms with Gasteiger partial charge in [-0.1, -0.05) is 0 Å². The monoisotopic (exact) mass is 234 g/mol. The largest absolute Gasteiger partial charge is 0.467 e. The Hall–Kier alpha value is -0.890. The van der Waals surface area contributed by atoms with E-state index in [1.807, 2.05) is 6.07 Å². The molecule has 0 aromatic carbocycles. The fourth-order valence-electron chi connectivity index (χ4n) is 0.956. The van der Waals surface area contributed by atoms with Crippen LogP contribution >= 0.6 is 0 Å². The predicted molar refractivity (Wildman–Crippen MR) is 54.1 cm³/mol. The molecular weight excluding hydrogens is 220 g/mol. The second kappa shape index (κ2) is 5.86. The first-order chi connectivity index (χ1) is 7.08. The second-order valence-electron chi connectivity index (χ2n) is 2.92. The zero-order chi connectivity index (χ0) is 11.1.